The van der Waals surface area contributed by atoms with Gasteiger partial charge in [0.2, 0.25) is 0 Å². The van der Waals surface area contributed by atoms with Crippen LogP contribution in [0, 0.1) is 0 Å². The summed E-state index contributed by atoms with van der Waals surface area (Å²) in [4.78, 5) is 7.63. The second kappa shape index (κ2) is 7.88. The predicted molar refractivity (Wildman–Crippen MR) is 79.6 cm³/mol. The van der Waals surface area contributed by atoms with E-state index in [1.807, 2.05) is 6.92 Å². The molecule has 110 valence electrons. The first-order valence-electron chi connectivity index (χ1n) is 7.06. The van der Waals surface area contributed by atoms with E-state index in [1.165, 1.54) is 0 Å². The summed E-state index contributed by atoms with van der Waals surface area (Å²) in [6.07, 6.45) is 3.25. The summed E-state index contributed by atoms with van der Waals surface area (Å²) in [6, 6.07) is 0. The number of ether oxygens (including phenoxy) is 1. The van der Waals surface area contributed by atoms with Crippen LogP contribution in [0.15, 0.2) is 0 Å². The van der Waals surface area contributed by atoms with E-state index >= 15 is 0 Å². The lowest BCUT2D eigenvalue weighted by molar-refractivity contribution is -0.00901. The minimum absolute atomic E-state index is 0.160. The average Bonchev–Trinajstić information content (AvgIpc) is 2.67. The van der Waals surface area contributed by atoms with Gasteiger partial charge in [-0.05, 0) is 27.2 Å². The van der Waals surface area contributed by atoms with Gasteiger partial charge in [-0.15, -0.1) is 0 Å². The van der Waals surface area contributed by atoms with Crippen molar-refractivity contribution in [1.29, 1.82) is 0 Å². The molecule has 0 bridgehead atoms. The molecule has 0 fully saturated rings. The maximum absolute atomic E-state index is 6.12. The summed E-state index contributed by atoms with van der Waals surface area (Å²) >= 11 is 6.12. The smallest absolute Gasteiger partial charge is 0.151 e. The molecule has 1 aromatic heterocycles. The van der Waals surface area contributed by atoms with Crippen LogP contribution in [-0.2, 0) is 17.7 Å². The van der Waals surface area contributed by atoms with E-state index in [0.717, 1.165) is 43.9 Å². The highest BCUT2D eigenvalue weighted by atomic mass is 35.5. The van der Waals surface area contributed by atoms with Crippen molar-refractivity contribution in [1.82, 2.24) is 15.3 Å². The van der Waals surface area contributed by atoms with Crippen molar-refractivity contribution in [2.24, 2.45) is 0 Å². The van der Waals surface area contributed by atoms with E-state index in [1.54, 1.807) is 0 Å². The van der Waals surface area contributed by atoms with Gasteiger partial charge < -0.3 is 15.0 Å². The highest BCUT2D eigenvalue weighted by molar-refractivity contribution is 6.30. The first kappa shape index (κ1) is 16.5. The van der Waals surface area contributed by atoms with E-state index in [-0.39, 0.29) is 5.60 Å². The molecule has 0 aliphatic rings. The Labute approximate surface area is 121 Å². The minimum Gasteiger partial charge on any atom is -0.375 e. The molecule has 5 heteroatoms. The zero-order valence-corrected chi connectivity index (χ0v) is 13.2. The van der Waals surface area contributed by atoms with Crippen LogP contribution >= 0.6 is 11.6 Å². The first-order chi connectivity index (χ1) is 8.98. The third kappa shape index (κ3) is 5.93. The second-order valence-electron chi connectivity index (χ2n) is 5.35. The number of unbranched alkanes of at least 4 members (excludes halogenated alkanes) is 1. The lowest BCUT2D eigenvalue weighted by atomic mass is 10.1. The van der Waals surface area contributed by atoms with Crippen LogP contribution in [0.2, 0.25) is 5.15 Å². The maximum atomic E-state index is 6.12. The molecule has 0 aliphatic heterocycles. The number of nitrogens with zero attached hydrogens (tertiary/aromatic N) is 1. The van der Waals surface area contributed by atoms with Crippen molar-refractivity contribution in [2.75, 3.05) is 13.2 Å². The Morgan fingerprint density at radius 3 is 2.74 bits per heavy atom. The normalized spacial score (nSPS) is 12.1. The fraction of sp³-hybridized carbons (Fsp3) is 0.786. The Morgan fingerprint density at radius 1 is 1.37 bits per heavy atom. The monoisotopic (exact) mass is 287 g/mol. The Bertz CT molecular complexity index is 377. The molecular formula is C14H26ClN3O. The number of hydrogen-bond donors (Lipinski definition) is 2. The number of hydrogen-bond acceptors (Lipinski definition) is 3. The van der Waals surface area contributed by atoms with Crippen molar-refractivity contribution in [3.05, 3.63) is 16.7 Å². The van der Waals surface area contributed by atoms with E-state index in [2.05, 4.69) is 36.1 Å². The van der Waals surface area contributed by atoms with Gasteiger partial charge >= 0.3 is 0 Å². The molecule has 0 radical (unpaired) electrons. The van der Waals surface area contributed by atoms with Gasteiger partial charge in [0.15, 0.2) is 5.15 Å². The molecule has 2 N–H and O–H groups in total. The number of aryl methyl sites for hydroxylation is 1. The molecule has 0 aromatic carbocycles. The lowest BCUT2D eigenvalue weighted by Gasteiger charge is -2.24. The first-order valence-corrected chi connectivity index (χ1v) is 7.44. The summed E-state index contributed by atoms with van der Waals surface area (Å²) in [5, 5.41) is 3.93. The molecule has 1 rings (SSSR count). The van der Waals surface area contributed by atoms with Crippen LogP contribution in [0.1, 0.15) is 52.1 Å². The number of aromatic nitrogens is 2. The molecule has 0 saturated heterocycles. The molecule has 0 aliphatic carbocycles. The van der Waals surface area contributed by atoms with Gasteiger partial charge in [0, 0.05) is 26.1 Å². The van der Waals surface area contributed by atoms with E-state index in [4.69, 9.17) is 16.3 Å². The number of aromatic amines is 1. The molecule has 0 atom stereocenters. The number of H-pyrrole nitrogens is 1. The summed E-state index contributed by atoms with van der Waals surface area (Å²) in [5.74, 6) is 0.979. The Hall–Kier alpha value is -0.580. The van der Waals surface area contributed by atoms with Gasteiger partial charge in [-0.25, -0.2) is 4.98 Å². The van der Waals surface area contributed by atoms with Gasteiger partial charge in [0.1, 0.15) is 5.82 Å². The van der Waals surface area contributed by atoms with Gasteiger partial charge in [0.25, 0.3) is 0 Å². The molecular weight excluding hydrogens is 262 g/mol. The van der Waals surface area contributed by atoms with Gasteiger partial charge in [-0.1, -0.05) is 24.9 Å². The summed E-state index contributed by atoms with van der Waals surface area (Å²) < 4.78 is 5.63. The third-order valence-corrected chi connectivity index (χ3v) is 3.24. The number of halogens is 1. The van der Waals surface area contributed by atoms with Crippen molar-refractivity contribution in [3.63, 3.8) is 0 Å². The van der Waals surface area contributed by atoms with Crippen LogP contribution in [0.4, 0.5) is 0 Å². The number of rotatable bonds is 9. The standard InChI is InChI=1S/C14H26ClN3O/c1-5-7-8-12-17-11(13(15)18-12)9-16-10-14(3,4)19-6-2/h16H,5-10H2,1-4H3,(H,17,18). The van der Waals surface area contributed by atoms with Crippen LogP contribution in [0.25, 0.3) is 0 Å². The van der Waals surface area contributed by atoms with E-state index in [0.29, 0.717) is 11.7 Å². The maximum Gasteiger partial charge on any atom is 0.151 e. The zero-order chi connectivity index (χ0) is 14.3. The quantitative estimate of drug-likeness (QED) is 0.732. The summed E-state index contributed by atoms with van der Waals surface area (Å²) in [7, 11) is 0. The van der Waals surface area contributed by atoms with E-state index < -0.39 is 0 Å². The summed E-state index contributed by atoms with van der Waals surface area (Å²) in [6.45, 7) is 10.5. The van der Waals surface area contributed by atoms with Gasteiger partial charge in [-0.3, -0.25) is 0 Å². The molecule has 0 spiro atoms. The Balaban J connectivity index is 2.42. The fourth-order valence-electron chi connectivity index (χ4n) is 1.95. The van der Waals surface area contributed by atoms with Crippen LogP contribution < -0.4 is 5.32 Å². The molecule has 0 unspecified atom stereocenters. The Morgan fingerprint density at radius 2 is 2.11 bits per heavy atom. The largest absolute Gasteiger partial charge is 0.375 e. The highest BCUT2D eigenvalue weighted by Crippen LogP contribution is 2.14. The topological polar surface area (TPSA) is 49.9 Å². The third-order valence-electron chi connectivity index (χ3n) is 2.93. The lowest BCUT2D eigenvalue weighted by Crippen LogP contribution is -2.37. The molecule has 1 heterocycles. The molecule has 0 amide bonds. The van der Waals surface area contributed by atoms with Crippen molar-refractivity contribution in [3.8, 4) is 0 Å². The number of imidazole rings is 1. The van der Waals surface area contributed by atoms with Crippen LogP contribution in [0.3, 0.4) is 0 Å². The summed E-state index contributed by atoms with van der Waals surface area (Å²) in [5.41, 5.74) is 0.798. The Kier molecular flexibility index (Phi) is 6.83. The highest BCUT2D eigenvalue weighted by Gasteiger charge is 2.17. The molecule has 4 nitrogen and oxygen atoms in total. The van der Waals surface area contributed by atoms with Crippen molar-refractivity contribution < 1.29 is 4.74 Å². The van der Waals surface area contributed by atoms with Crippen LogP contribution in [0.5, 0.6) is 0 Å². The molecule has 0 saturated carbocycles. The second-order valence-corrected chi connectivity index (χ2v) is 5.71. The fourth-order valence-corrected chi connectivity index (χ4v) is 2.17. The average molecular weight is 288 g/mol. The van der Waals surface area contributed by atoms with E-state index in [9.17, 15) is 0 Å². The SMILES string of the molecule is CCCCc1nc(Cl)c(CNCC(C)(C)OCC)[nH]1. The molecule has 1 aromatic rings. The minimum atomic E-state index is -0.160. The van der Waals surface area contributed by atoms with Crippen LogP contribution in [-0.4, -0.2) is 28.7 Å². The zero-order valence-electron chi connectivity index (χ0n) is 12.5. The van der Waals surface area contributed by atoms with Gasteiger partial charge in [-0.2, -0.15) is 0 Å². The van der Waals surface area contributed by atoms with Gasteiger partial charge in [0.05, 0.1) is 11.3 Å². The predicted octanol–water partition coefficient (Wildman–Crippen LogP) is 3.31. The number of nitrogens with one attached hydrogen (secondary N) is 2. The van der Waals surface area contributed by atoms with Crippen molar-refractivity contribution in [2.45, 2.75) is 59.1 Å². The molecule has 19 heavy (non-hydrogen) atoms. The van der Waals surface area contributed by atoms with Crippen molar-refractivity contribution >= 4 is 11.6 Å².